The van der Waals surface area contributed by atoms with Crippen molar-refractivity contribution in [1.29, 1.82) is 0 Å². The second-order valence-corrected chi connectivity index (χ2v) is 6.66. The molecule has 1 aliphatic rings. The van der Waals surface area contributed by atoms with E-state index < -0.39 is 5.91 Å². The number of amides is 2. The molecule has 29 heavy (non-hydrogen) atoms. The molecule has 0 bridgehead atoms. The molecule has 0 atom stereocenters. The maximum Gasteiger partial charge on any atom is 0.277 e. The van der Waals surface area contributed by atoms with Crippen molar-refractivity contribution in [2.24, 2.45) is 0 Å². The topological polar surface area (TPSA) is 84.7 Å². The maximum atomic E-state index is 12.6. The second kappa shape index (κ2) is 7.63. The Hall–Kier alpha value is -3.87. The van der Waals surface area contributed by atoms with Crippen LogP contribution < -0.4 is 15.0 Å². The van der Waals surface area contributed by atoms with Gasteiger partial charge in [-0.25, -0.2) is 0 Å². The maximum absolute atomic E-state index is 12.6. The van der Waals surface area contributed by atoms with E-state index in [-0.39, 0.29) is 18.2 Å². The van der Waals surface area contributed by atoms with Crippen molar-refractivity contribution >= 4 is 23.2 Å². The van der Waals surface area contributed by atoms with Crippen LogP contribution in [-0.4, -0.2) is 30.1 Å². The Morgan fingerprint density at radius 2 is 2.03 bits per heavy atom. The number of nitrogens with zero attached hydrogens (tertiary/aromatic N) is 2. The van der Waals surface area contributed by atoms with E-state index >= 15 is 0 Å². The van der Waals surface area contributed by atoms with Crippen LogP contribution in [0.4, 0.5) is 11.4 Å². The van der Waals surface area contributed by atoms with E-state index in [1.54, 1.807) is 35.2 Å². The second-order valence-electron chi connectivity index (χ2n) is 6.66. The lowest BCUT2D eigenvalue weighted by Gasteiger charge is -2.28. The van der Waals surface area contributed by atoms with E-state index in [1.165, 1.54) is 0 Å². The van der Waals surface area contributed by atoms with Crippen molar-refractivity contribution in [3.05, 3.63) is 72.4 Å². The number of ether oxygens (including phenoxy) is 1. The van der Waals surface area contributed by atoms with E-state index in [0.29, 0.717) is 29.4 Å². The fourth-order valence-corrected chi connectivity index (χ4v) is 3.04. The lowest BCUT2D eigenvalue weighted by atomic mass is 10.1. The van der Waals surface area contributed by atoms with E-state index in [0.717, 1.165) is 11.1 Å². The van der Waals surface area contributed by atoms with Crippen LogP contribution in [-0.2, 0) is 4.79 Å². The Bertz CT molecular complexity index is 1090. The summed E-state index contributed by atoms with van der Waals surface area (Å²) >= 11 is 0. The minimum Gasteiger partial charge on any atom is -0.482 e. The van der Waals surface area contributed by atoms with Gasteiger partial charge in [-0.1, -0.05) is 41.1 Å². The summed E-state index contributed by atoms with van der Waals surface area (Å²) < 4.78 is 10.8. The SMILES string of the molecule is C=CCN1C(=O)COc2ccc(NC(=O)c3cc(-c4ccc(C)cc4)on3)cc21. The fourth-order valence-electron chi connectivity index (χ4n) is 3.04. The molecule has 7 heteroatoms. The van der Waals surface area contributed by atoms with Gasteiger partial charge in [0.2, 0.25) is 0 Å². The minimum absolute atomic E-state index is 0.0206. The van der Waals surface area contributed by atoms with E-state index in [2.05, 4.69) is 17.1 Å². The number of fused-ring (bicyclic) bond motifs is 1. The number of carbonyl (C=O) groups excluding carboxylic acids is 2. The Morgan fingerprint density at radius 1 is 1.24 bits per heavy atom. The van der Waals surface area contributed by atoms with Gasteiger partial charge in [-0.2, -0.15) is 0 Å². The van der Waals surface area contributed by atoms with E-state index in [1.807, 2.05) is 31.2 Å². The highest BCUT2D eigenvalue weighted by Gasteiger charge is 2.25. The molecule has 0 aliphatic carbocycles. The molecule has 1 N–H and O–H groups in total. The van der Waals surface area contributed by atoms with E-state index in [9.17, 15) is 9.59 Å². The first-order chi connectivity index (χ1) is 14.0. The number of nitrogens with one attached hydrogen (secondary N) is 1. The van der Waals surface area contributed by atoms with Crippen LogP contribution in [0.3, 0.4) is 0 Å². The number of hydrogen-bond acceptors (Lipinski definition) is 5. The summed E-state index contributed by atoms with van der Waals surface area (Å²) in [7, 11) is 0. The molecular weight excluding hydrogens is 370 g/mol. The standard InChI is InChI=1S/C22H19N3O4/c1-3-10-25-18-11-16(8-9-19(18)28-13-21(25)26)23-22(27)17-12-20(29-24-17)15-6-4-14(2)5-7-15/h3-9,11-12H,1,10,13H2,2H3,(H,23,27). The molecule has 1 aromatic heterocycles. The van der Waals surface area contributed by atoms with Gasteiger partial charge in [-0.3, -0.25) is 9.59 Å². The first-order valence-corrected chi connectivity index (χ1v) is 9.08. The zero-order valence-corrected chi connectivity index (χ0v) is 15.8. The van der Waals surface area contributed by atoms with E-state index in [4.69, 9.17) is 9.26 Å². The summed E-state index contributed by atoms with van der Waals surface area (Å²) in [6.45, 7) is 6.01. The quantitative estimate of drug-likeness (QED) is 0.671. The van der Waals surface area contributed by atoms with Crippen LogP contribution in [0.15, 0.2) is 65.7 Å². The predicted molar refractivity (Wildman–Crippen MR) is 109 cm³/mol. The zero-order chi connectivity index (χ0) is 20.4. The molecule has 0 radical (unpaired) electrons. The zero-order valence-electron chi connectivity index (χ0n) is 15.8. The third-order valence-electron chi connectivity index (χ3n) is 4.55. The third kappa shape index (κ3) is 3.75. The number of rotatable bonds is 5. The van der Waals surface area contributed by atoms with Crippen molar-refractivity contribution in [2.75, 3.05) is 23.4 Å². The van der Waals surface area contributed by atoms with Crippen molar-refractivity contribution < 1.29 is 18.8 Å². The van der Waals surface area contributed by atoms with Crippen LogP contribution in [0.5, 0.6) is 5.75 Å². The highest BCUT2D eigenvalue weighted by molar-refractivity contribution is 6.04. The molecule has 2 aromatic carbocycles. The highest BCUT2D eigenvalue weighted by Crippen LogP contribution is 2.34. The predicted octanol–water partition coefficient (Wildman–Crippen LogP) is 3.81. The summed E-state index contributed by atoms with van der Waals surface area (Å²) in [5.41, 5.74) is 3.23. The average molecular weight is 389 g/mol. The Labute approximate surface area is 167 Å². The van der Waals surface area contributed by atoms with Gasteiger partial charge in [0, 0.05) is 23.9 Å². The summed E-state index contributed by atoms with van der Waals surface area (Å²) in [5, 5.41) is 6.64. The number of benzene rings is 2. The molecule has 0 fully saturated rings. The van der Waals surface area contributed by atoms with Gasteiger partial charge in [0.25, 0.3) is 11.8 Å². The molecule has 0 saturated carbocycles. The van der Waals surface area contributed by atoms with Crippen LogP contribution in [0.1, 0.15) is 16.1 Å². The monoisotopic (exact) mass is 389 g/mol. The summed E-state index contributed by atoms with van der Waals surface area (Å²) in [6, 6.07) is 14.4. The number of aryl methyl sites for hydroxylation is 1. The number of carbonyl (C=O) groups is 2. The van der Waals surface area contributed by atoms with Crippen molar-refractivity contribution in [1.82, 2.24) is 5.16 Å². The van der Waals surface area contributed by atoms with Crippen LogP contribution >= 0.6 is 0 Å². The molecule has 2 amide bonds. The largest absolute Gasteiger partial charge is 0.482 e. The number of hydrogen-bond donors (Lipinski definition) is 1. The Kier molecular flexibility index (Phi) is 4.87. The van der Waals surface area contributed by atoms with Gasteiger partial charge in [-0.15, -0.1) is 6.58 Å². The molecule has 3 aromatic rings. The van der Waals surface area contributed by atoms with Crippen LogP contribution in [0.2, 0.25) is 0 Å². The van der Waals surface area contributed by atoms with Crippen molar-refractivity contribution in [3.8, 4) is 17.1 Å². The van der Waals surface area contributed by atoms with Gasteiger partial charge >= 0.3 is 0 Å². The molecule has 0 unspecified atom stereocenters. The van der Waals surface area contributed by atoms with Gasteiger partial charge in [0.05, 0.1) is 5.69 Å². The molecule has 146 valence electrons. The highest BCUT2D eigenvalue weighted by atomic mass is 16.5. The molecular formula is C22H19N3O4. The summed E-state index contributed by atoms with van der Waals surface area (Å²) in [4.78, 5) is 26.3. The molecule has 0 saturated heterocycles. The van der Waals surface area contributed by atoms with Gasteiger partial charge in [0.15, 0.2) is 18.1 Å². The van der Waals surface area contributed by atoms with Gasteiger partial charge in [-0.05, 0) is 25.1 Å². The first-order valence-electron chi connectivity index (χ1n) is 9.08. The van der Waals surface area contributed by atoms with Crippen molar-refractivity contribution in [2.45, 2.75) is 6.92 Å². The molecule has 7 nitrogen and oxygen atoms in total. The smallest absolute Gasteiger partial charge is 0.277 e. The summed E-state index contributed by atoms with van der Waals surface area (Å²) in [6.07, 6.45) is 1.64. The number of anilines is 2. The lowest BCUT2D eigenvalue weighted by molar-refractivity contribution is -0.121. The first kappa shape index (κ1) is 18.5. The summed E-state index contributed by atoms with van der Waals surface area (Å²) in [5.74, 6) is 0.509. The van der Waals surface area contributed by atoms with Crippen molar-refractivity contribution in [3.63, 3.8) is 0 Å². The number of aromatic nitrogens is 1. The molecule has 2 heterocycles. The normalized spacial score (nSPS) is 12.9. The van der Waals surface area contributed by atoms with Crippen LogP contribution in [0.25, 0.3) is 11.3 Å². The fraction of sp³-hybridized carbons (Fsp3) is 0.136. The molecule has 0 spiro atoms. The lowest BCUT2D eigenvalue weighted by Crippen LogP contribution is -2.38. The minimum atomic E-state index is -0.412. The third-order valence-corrected chi connectivity index (χ3v) is 4.55. The van der Waals surface area contributed by atoms with Gasteiger partial charge < -0.3 is 19.5 Å². The van der Waals surface area contributed by atoms with Crippen LogP contribution in [0, 0.1) is 6.92 Å². The molecule has 1 aliphatic heterocycles. The Balaban J connectivity index is 1.54. The van der Waals surface area contributed by atoms with Gasteiger partial charge in [0.1, 0.15) is 5.75 Å². The average Bonchev–Trinajstić information content (AvgIpc) is 3.21. The Morgan fingerprint density at radius 3 is 2.79 bits per heavy atom. The molecule has 4 rings (SSSR count).